The number of thiophene rings is 1. The number of allylic oxidation sites excluding steroid dienone is 1. The van der Waals surface area contributed by atoms with Crippen LogP contribution >= 0.6 is 11.3 Å². The van der Waals surface area contributed by atoms with Gasteiger partial charge in [0, 0.05) is 5.56 Å². The average Bonchev–Trinajstić information content (AvgIpc) is 3.26. The van der Waals surface area contributed by atoms with Gasteiger partial charge in [0.05, 0.1) is 17.2 Å². The van der Waals surface area contributed by atoms with E-state index in [1.54, 1.807) is 17.7 Å². The summed E-state index contributed by atoms with van der Waals surface area (Å²) in [7, 11) is 0. The van der Waals surface area contributed by atoms with Gasteiger partial charge in [-0.3, -0.25) is 0 Å². The first kappa shape index (κ1) is 14.0. The minimum Gasteiger partial charge on any atom is -0.494 e. The van der Waals surface area contributed by atoms with Crippen molar-refractivity contribution in [2.24, 2.45) is 0 Å². The Labute approximate surface area is 138 Å². The molecule has 6 heteroatoms. The van der Waals surface area contributed by atoms with E-state index in [0.29, 0.717) is 6.61 Å². The number of anilines is 1. The molecule has 0 bridgehead atoms. The molecule has 0 amide bonds. The molecule has 1 atom stereocenters. The molecule has 3 heterocycles. The fraction of sp³-hybridized carbons (Fsp3) is 0.176. The summed E-state index contributed by atoms with van der Waals surface area (Å²) in [4.78, 5) is 5.51. The average molecular weight is 324 g/mol. The van der Waals surface area contributed by atoms with Gasteiger partial charge < -0.3 is 10.1 Å². The number of nitrogens with zero attached hydrogens (tertiary/aromatic N) is 3. The topological polar surface area (TPSA) is 52.0 Å². The molecule has 2 aromatic heterocycles. The molecule has 5 nitrogen and oxygen atoms in total. The summed E-state index contributed by atoms with van der Waals surface area (Å²) in [6.45, 7) is 2.63. The Morgan fingerprint density at radius 3 is 3.00 bits per heavy atom. The van der Waals surface area contributed by atoms with Crippen LogP contribution in [-0.2, 0) is 0 Å². The molecule has 1 aromatic carbocycles. The summed E-state index contributed by atoms with van der Waals surface area (Å²) >= 11 is 1.70. The maximum absolute atomic E-state index is 5.80. The molecule has 0 radical (unpaired) electrons. The van der Waals surface area contributed by atoms with E-state index >= 15 is 0 Å². The summed E-state index contributed by atoms with van der Waals surface area (Å²) in [6.07, 6.45) is 3.75. The van der Waals surface area contributed by atoms with Gasteiger partial charge in [0.15, 0.2) is 0 Å². The molecule has 23 heavy (non-hydrogen) atoms. The van der Waals surface area contributed by atoms with Crippen LogP contribution in [0.2, 0.25) is 0 Å². The Balaban J connectivity index is 1.83. The zero-order chi connectivity index (χ0) is 15.6. The molecule has 1 N–H and O–H groups in total. The predicted octanol–water partition coefficient (Wildman–Crippen LogP) is 3.79. The molecule has 0 saturated heterocycles. The number of ether oxygens (including phenoxy) is 1. The molecule has 1 aliphatic heterocycles. The Hall–Kier alpha value is -2.60. The second kappa shape index (κ2) is 5.89. The summed E-state index contributed by atoms with van der Waals surface area (Å²) in [6, 6.07) is 12.2. The van der Waals surface area contributed by atoms with Crippen LogP contribution in [0.5, 0.6) is 5.75 Å². The number of hydrogen-bond acceptors (Lipinski definition) is 5. The highest BCUT2D eigenvalue weighted by molar-refractivity contribution is 7.11. The molecule has 1 aliphatic rings. The standard InChI is InChI=1S/C17H16N4OS/c1-2-22-15-7-4-3-6-12(15)14-10-13(16-8-5-9-23-16)20-17-18-11-19-21(14)17/h3-11,14H,2H2,1H3,(H,18,19,20)/t14-/m0/s1. The van der Waals surface area contributed by atoms with Gasteiger partial charge in [-0.1, -0.05) is 24.3 Å². The maximum atomic E-state index is 5.80. The van der Waals surface area contributed by atoms with Gasteiger partial charge in [-0.15, -0.1) is 11.3 Å². The summed E-state index contributed by atoms with van der Waals surface area (Å²) in [5, 5.41) is 9.80. The quantitative estimate of drug-likeness (QED) is 0.793. The van der Waals surface area contributed by atoms with E-state index in [0.717, 1.165) is 23.0 Å². The number of aromatic nitrogens is 3. The first-order valence-electron chi connectivity index (χ1n) is 7.50. The van der Waals surface area contributed by atoms with E-state index in [9.17, 15) is 0 Å². The van der Waals surface area contributed by atoms with E-state index in [2.05, 4.69) is 39.0 Å². The van der Waals surface area contributed by atoms with Crippen molar-refractivity contribution in [3.63, 3.8) is 0 Å². The SMILES string of the molecule is CCOc1ccccc1[C@@H]1C=C(c2cccs2)Nc2ncnn21. The number of fused-ring (bicyclic) bond motifs is 1. The van der Waals surface area contributed by atoms with Crippen LogP contribution in [0.15, 0.2) is 54.2 Å². The predicted molar refractivity (Wildman–Crippen MR) is 91.7 cm³/mol. The minimum atomic E-state index is -0.0476. The fourth-order valence-corrected chi connectivity index (χ4v) is 3.45. The van der Waals surface area contributed by atoms with Crippen molar-refractivity contribution in [1.29, 1.82) is 0 Å². The van der Waals surface area contributed by atoms with Crippen molar-refractivity contribution >= 4 is 23.0 Å². The van der Waals surface area contributed by atoms with Crippen LogP contribution in [0.1, 0.15) is 23.4 Å². The molecule has 0 saturated carbocycles. The van der Waals surface area contributed by atoms with Crippen LogP contribution in [0.25, 0.3) is 5.70 Å². The molecular weight excluding hydrogens is 308 g/mol. The van der Waals surface area contributed by atoms with Gasteiger partial charge in [0.1, 0.15) is 18.1 Å². The summed E-state index contributed by atoms with van der Waals surface area (Å²) < 4.78 is 7.68. The Morgan fingerprint density at radius 2 is 2.17 bits per heavy atom. The normalized spacial score (nSPS) is 16.4. The van der Waals surface area contributed by atoms with Crippen molar-refractivity contribution in [2.75, 3.05) is 11.9 Å². The highest BCUT2D eigenvalue weighted by Crippen LogP contribution is 2.36. The monoisotopic (exact) mass is 324 g/mol. The number of hydrogen-bond donors (Lipinski definition) is 1. The van der Waals surface area contributed by atoms with Crippen LogP contribution in [-0.4, -0.2) is 21.4 Å². The van der Waals surface area contributed by atoms with Crippen molar-refractivity contribution in [2.45, 2.75) is 13.0 Å². The molecule has 0 fully saturated rings. The third-order valence-electron chi connectivity index (χ3n) is 3.73. The van der Waals surface area contributed by atoms with Gasteiger partial charge in [0.2, 0.25) is 5.95 Å². The molecule has 3 aromatic rings. The number of para-hydroxylation sites is 1. The van der Waals surface area contributed by atoms with E-state index in [-0.39, 0.29) is 6.04 Å². The molecule has 4 rings (SSSR count). The Bertz CT molecular complexity index is 838. The zero-order valence-corrected chi connectivity index (χ0v) is 13.5. The van der Waals surface area contributed by atoms with Gasteiger partial charge in [-0.25, -0.2) is 4.68 Å². The van der Waals surface area contributed by atoms with E-state index in [1.807, 2.05) is 35.9 Å². The number of benzene rings is 1. The van der Waals surface area contributed by atoms with Crippen molar-refractivity contribution in [1.82, 2.24) is 14.8 Å². The largest absolute Gasteiger partial charge is 0.494 e. The van der Waals surface area contributed by atoms with Gasteiger partial charge in [0.25, 0.3) is 0 Å². The van der Waals surface area contributed by atoms with E-state index in [4.69, 9.17) is 4.74 Å². The number of nitrogens with one attached hydrogen (secondary N) is 1. The van der Waals surface area contributed by atoms with Crippen molar-refractivity contribution in [3.05, 3.63) is 64.6 Å². The lowest BCUT2D eigenvalue weighted by Gasteiger charge is -2.25. The highest BCUT2D eigenvalue weighted by Gasteiger charge is 2.25. The van der Waals surface area contributed by atoms with Crippen molar-refractivity contribution in [3.8, 4) is 5.75 Å². The number of rotatable bonds is 4. The van der Waals surface area contributed by atoms with Crippen LogP contribution < -0.4 is 10.1 Å². The van der Waals surface area contributed by atoms with Gasteiger partial charge in [-0.05, 0) is 30.5 Å². The first-order chi connectivity index (χ1) is 11.4. The van der Waals surface area contributed by atoms with Crippen molar-refractivity contribution < 1.29 is 4.74 Å². The Morgan fingerprint density at radius 1 is 1.26 bits per heavy atom. The Kier molecular flexibility index (Phi) is 3.59. The highest BCUT2D eigenvalue weighted by atomic mass is 32.1. The van der Waals surface area contributed by atoms with E-state index in [1.165, 1.54) is 4.88 Å². The third kappa shape index (κ3) is 2.51. The molecular formula is C17H16N4OS. The lowest BCUT2D eigenvalue weighted by atomic mass is 10.0. The summed E-state index contributed by atoms with van der Waals surface area (Å²) in [5.41, 5.74) is 2.13. The van der Waals surface area contributed by atoms with Gasteiger partial charge >= 0.3 is 0 Å². The second-order valence-corrected chi connectivity index (χ2v) is 6.07. The molecule has 0 unspecified atom stereocenters. The zero-order valence-electron chi connectivity index (χ0n) is 12.6. The first-order valence-corrected chi connectivity index (χ1v) is 8.38. The van der Waals surface area contributed by atoms with Crippen LogP contribution in [0.3, 0.4) is 0 Å². The molecule has 0 spiro atoms. The second-order valence-electron chi connectivity index (χ2n) is 5.13. The fourth-order valence-electron chi connectivity index (χ4n) is 2.74. The molecule has 116 valence electrons. The smallest absolute Gasteiger partial charge is 0.226 e. The third-order valence-corrected chi connectivity index (χ3v) is 4.63. The van der Waals surface area contributed by atoms with E-state index < -0.39 is 0 Å². The maximum Gasteiger partial charge on any atom is 0.226 e. The summed E-state index contributed by atoms with van der Waals surface area (Å²) in [5.74, 6) is 1.62. The lowest BCUT2D eigenvalue weighted by molar-refractivity contribution is 0.333. The lowest BCUT2D eigenvalue weighted by Crippen LogP contribution is -2.20. The van der Waals surface area contributed by atoms with Crippen LogP contribution in [0, 0.1) is 0 Å². The van der Waals surface area contributed by atoms with Crippen LogP contribution in [0.4, 0.5) is 5.95 Å². The van der Waals surface area contributed by atoms with Gasteiger partial charge in [-0.2, -0.15) is 10.1 Å². The minimum absolute atomic E-state index is 0.0476. The molecule has 0 aliphatic carbocycles.